The van der Waals surface area contributed by atoms with Crippen LogP contribution in [0.4, 0.5) is 11.4 Å². The molecule has 0 aliphatic carbocycles. The molecule has 14 heavy (non-hydrogen) atoms. The van der Waals surface area contributed by atoms with Gasteiger partial charge in [-0.05, 0) is 6.07 Å². The van der Waals surface area contributed by atoms with E-state index in [9.17, 15) is 10.1 Å². The first-order valence-corrected chi connectivity index (χ1v) is 4.86. The molecule has 0 aromatic heterocycles. The lowest BCUT2D eigenvalue weighted by atomic mass is 10.1. The molecule has 0 heterocycles. The standard InChI is InChI=1S/C9H7BrN2O2/c10-5-1-2-7-3-4-8(12(13)14)6-9(7)11/h3-4,6H,5,11H2. The number of halogens is 1. The molecule has 4 nitrogen and oxygen atoms in total. The Morgan fingerprint density at radius 2 is 2.29 bits per heavy atom. The summed E-state index contributed by atoms with van der Waals surface area (Å²) in [6, 6.07) is 4.23. The van der Waals surface area contributed by atoms with Crippen molar-refractivity contribution in [1.29, 1.82) is 0 Å². The maximum Gasteiger partial charge on any atom is 0.271 e. The van der Waals surface area contributed by atoms with Gasteiger partial charge in [-0.25, -0.2) is 0 Å². The predicted molar refractivity (Wildman–Crippen MR) is 58.2 cm³/mol. The Hall–Kier alpha value is -1.54. The molecule has 1 rings (SSSR count). The highest BCUT2D eigenvalue weighted by molar-refractivity contribution is 9.09. The quantitative estimate of drug-likeness (QED) is 0.274. The second-order valence-electron chi connectivity index (χ2n) is 2.46. The Bertz CT molecular complexity index is 421. The molecular weight excluding hydrogens is 248 g/mol. The van der Waals surface area contributed by atoms with Crippen LogP contribution < -0.4 is 5.73 Å². The number of hydrogen-bond acceptors (Lipinski definition) is 3. The molecule has 2 N–H and O–H groups in total. The van der Waals surface area contributed by atoms with Crippen LogP contribution >= 0.6 is 15.9 Å². The smallest absolute Gasteiger partial charge is 0.271 e. The molecule has 0 radical (unpaired) electrons. The molecule has 0 aliphatic rings. The molecule has 0 amide bonds. The fourth-order valence-corrected chi connectivity index (χ4v) is 1.05. The topological polar surface area (TPSA) is 69.2 Å². The van der Waals surface area contributed by atoms with E-state index in [1.807, 2.05) is 0 Å². The fourth-order valence-electron chi connectivity index (χ4n) is 0.906. The molecule has 1 aromatic carbocycles. The number of nitrogens with zero attached hydrogens (tertiary/aromatic N) is 1. The zero-order chi connectivity index (χ0) is 10.6. The summed E-state index contributed by atoms with van der Waals surface area (Å²) in [6.45, 7) is 0. The molecule has 0 unspecified atom stereocenters. The number of nitrogens with two attached hydrogens (primary N) is 1. The molecule has 0 bridgehead atoms. The van der Waals surface area contributed by atoms with Gasteiger partial charge in [0.05, 0.1) is 15.9 Å². The van der Waals surface area contributed by atoms with Crippen molar-refractivity contribution in [3.05, 3.63) is 33.9 Å². The summed E-state index contributed by atoms with van der Waals surface area (Å²) in [5.74, 6) is 5.56. The third kappa shape index (κ3) is 2.47. The van der Waals surface area contributed by atoms with E-state index in [1.54, 1.807) is 6.07 Å². The summed E-state index contributed by atoms with van der Waals surface area (Å²) in [5.41, 5.74) is 6.49. The highest BCUT2D eigenvalue weighted by atomic mass is 79.9. The lowest BCUT2D eigenvalue weighted by molar-refractivity contribution is -0.384. The van der Waals surface area contributed by atoms with Crippen molar-refractivity contribution in [3.8, 4) is 11.8 Å². The zero-order valence-corrected chi connectivity index (χ0v) is 8.74. The third-order valence-electron chi connectivity index (χ3n) is 1.54. The number of benzene rings is 1. The molecule has 0 aliphatic heterocycles. The monoisotopic (exact) mass is 254 g/mol. The summed E-state index contributed by atoms with van der Waals surface area (Å²) in [7, 11) is 0. The minimum Gasteiger partial charge on any atom is -0.398 e. The fraction of sp³-hybridized carbons (Fsp3) is 0.111. The molecule has 0 spiro atoms. The van der Waals surface area contributed by atoms with Gasteiger partial charge in [-0.15, -0.1) is 0 Å². The SMILES string of the molecule is Nc1cc([N+](=O)[O-])ccc1C#CCBr. The maximum absolute atomic E-state index is 10.4. The Kier molecular flexibility index (Phi) is 3.48. The van der Waals surface area contributed by atoms with Crippen molar-refractivity contribution >= 4 is 27.3 Å². The van der Waals surface area contributed by atoms with E-state index in [0.717, 1.165) is 0 Å². The molecular formula is C9H7BrN2O2. The van der Waals surface area contributed by atoms with E-state index in [0.29, 0.717) is 16.6 Å². The van der Waals surface area contributed by atoms with Crippen LogP contribution in [0.15, 0.2) is 18.2 Å². The van der Waals surface area contributed by atoms with Crippen molar-refractivity contribution in [2.45, 2.75) is 0 Å². The van der Waals surface area contributed by atoms with Gasteiger partial charge < -0.3 is 5.73 Å². The van der Waals surface area contributed by atoms with Crippen LogP contribution in [0, 0.1) is 22.0 Å². The van der Waals surface area contributed by atoms with E-state index in [4.69, 9.17) is 5.73 Å². The van der Waals surface area contributed by atoms with Gasteiger partial charge in [-0.3, -0.25) is 10.1 Å². The first kappa shape index (κ1) is 10.5. The van der Waals surface area contributed by atoms with E-state index >= 15 is 0 Å². The lowest BCUT2D eigenvalue weighted by Gasteiger charge is -1.97. The van der Waals surface area contributed by atoms with Crippen LogP contribution in [-0.2, 0) is 0 Å². The number of nitro groups is 1. The van der Waals surface area contributed by atoms with E-state index < -0.39 is 4.92 Å². The van der Waals surface area contributed by atoms with Gasteiger partial charge in [0.2, 0.25) is 0 Å². The second-order valence-corrected chi connectivity index (χ2v) is 3.02. The first-order chi connectivity index (χ1) is 6.65. The summed E-state index contributed by atoms with van der Waals surface area (Å²) < 4.78 is 0. The molecule has 0 fully saturated rings. The summed E-state index contributed by atoms with van der Waals surface area (Å²) >= 11 is 3.15. The van der Waals surface area contributed by atoms with Crippen LogP contribution in [0.1, 0.15) is 5.56 Å². The Morgan fingerprint density at radius 3 is 2.79 bits per heavy atom. The predicted octanol–water partition coefficient (Wildman–Crippen LogP) is 1.92. The van der Waals surface area contributed by atoms with Crippen LogP contribution in [0.2, 0.25) is 0 Å². The summed E-state index contributed by atoms with van der Waals surface area (Å²) in [4.78, 5) is 9.90. The van der Waals surface area contributed by atoms with Crippen LogP contribution in [0.3, 0.4) is 0 Å². The molecule has 5 heteroatoms. The average Bonchev–Trinajstić information content (AvgIpc) is 2.15. The van der Waals surface area contributed by atoms with E-state index in [1.165, 1.54) is 12.1 Å². The molecule has 1 aromatic rings. The van der Waals surface area contributed by atoms with Crippen molar-refractivity contribution in [2.75, 3.05) is 11.1 Å². The average molecular weight is 255 g/mol. The highest BCUT2D eigenvalue weighted by Gasteiger charge is 2.06. The van der Waals surface area contributed by atoms with Crippen molar-refractivity contribution in [2.24, 2.45) is 0 Å². The van der Waals surface area contributed by atoms with Crippen molar-refractivity contribution in [1.82, 2.24) is 0 Å². The van der Waals surface area contributed by atoms with Crippen LogP contribution in [-0.4, -0.2) is 10.3 Å². The molecule has 0 atom stereocenters. The highest BCUT2D eigenvalue weighted by Crippen LogP contribution is 2.18. The summed E-state index contributed by atoms with van der Waals surface area (Å²) in [6.07, 6.45) is 0. The van der Waals surface area contributed by atoms with Crippen LogP contribution in [0.5, 0.6) is 0 Å². The summed E-state index contributed by atoms with van der Waals surface area (Å²) in [5, 5.41) is 10.9. The van der Waals surface area contributed by atoms with Crippen molar-refractivity contribution in [3.63, 3.8) is 0 Å². The van der Waals surface area contributed by atoms with E-state index in [2.05, 4.69) is 27.8 Å². The number of alkyl halides is 1. The number of nitro benzene ring substituents is 1. The third-order valence-corrected chi connectivity index (χ3v) is 1.82. The normalized spacial score (nSPS) is 8.93. The Balaban J connectivity index is 3.07. The molecule has 0 saturated heterocycles. The molecule has 0 saturated carbocycles. The zero-order valence-electron chi connectivity index (χ0n) is 7.16. The Labute approximate surface area is 89.4 Å². The van der Waals surface area contributed by atoms with Gasteiger partial charge >= 0.3 is 0 Å². The number of anilines is 1. The van der Waals surface area contributed by atoms with E-state index in [-0.39, 0.29) is 5.69 Å². The van der Waals surface area contributed by atoms with Gasteiger partial charge in [0.15, 0.2) is 0 Å². The number of rotatable bonds is 1. The second kappa shape index (κ2) is 4.63. The number of hydrogen-bond donors (Lipinski definition) is 1. The minimum absolute atomic E-state index is 0.0214. The van der Waals surface area contributed by atoms with Gasteiger partial charge in [-0.1, -0.05) is 27.8 Å². The number of nitrogen functional groups attached to an aromatic ring is 1. The maximum atomic E-state index is 10.4. The first-order valence-electron chi connectivity index (χ1n) is 3.74. The van der Waals surface area contributed by atoms with Gasteiger partial charge in [-0.2, -0.15) is 0 Å². The Morgan fingerprint density at radius 1 is 1.57 bits per heavy atom. The lowest BCUT2D eigenvalue weighted by Crippen LogP contribution is -1.94. The van der Waals surface area contributed by atoms with Gasteiger partial charge in [0.25, 0.3) is 5.69 Å². The van der Waals surface area contributed by atoms with Gasteiger partial charge in [0.1, 0.15) is 0 Å². The van der Waals surface area contributed by atoms with Gasteiger partial charge in [0, 0.05) is 17.7 Å². The van der Waals surface area contributed by atoms with Crippen LogP contribution in [0.25, 0.3) is 0 Å². The largest absolute Gasteiger partial charge is 0.398 e. The van der Waals surface area contributed by atoms with Crippen molar-refractivity contribution < 1.29 is 4.92 Å². The number of non-ortho nitro benzene ring substituents is 1. The minimum atomic E-state index is -0.488. The molecule has 72 valence electrons.